The van der Waals surface area contributed by atoms with Gasteiger partial charge in [-0.25, -0.2) is 0 Å². The number of hydrogen-bond donors (Lipinski definition) is 1. The molecule has 0 amide bonds. The van der Waals surface area contributed by atoms with E-state index >= 15 is 0 Å². The minimum atomic E-state index is -4.54. The van der Waals surface area contributed by atoms with E-state index in [0.717, 1.165) is 43.5 Å². The van der Waals surface area contributed by atoms with E-state index in [1.165, 1.54) is 57.1 Å². The molecular formula is C42H40F6OP2. The van der Waals surface area contributed by atoms with Gasteiger partial charge in [0.25, 0.3) is 0 Å². The van der Waals surface area contributed by atoms with Crippen LogP contribution in [0.25, 0.3) is 0 Å². The molecule has 0 aliphatic heterocycles. The molecule has 1 saturated carbocycles. The summed E-state index contributed by atoms with van der Waals surface area (Å²) in [6.07, 6.45) is -7.30. The Balaban J connectivity index is 1.46. The van der Waals surface area contributed by atoms with E-state index in [4.69, 9.17) is 0 Å². The number of rotatable bonds is 8. The first-order valence-corrected chi connectivity index (χ1v) is 19.7. The first-order chi connectivity index (χ1) is 24.1. The summed E-state index contributed by atoms with van der Waals surface area (Å²) in [7, 11) is -2.52. The average Bonchev–Trinajstić information content (AvgIpc) is 3.53. The molecule has 5 aromatic rings. The molecule has 0 aromatic heterocycles. The number of alkyl halides is 6. The Kier molecular flexibility index (Phi) is 10.9. The normalized spacial score (nSPS) is 17.4. The van der Waals surface area contributed by atoms with Crippen LogP contribution < -0.4 is 26.5 Å². The molecule has 3 unspecified atom stereocenters. The maximum atomic E-state index is 13.6. The summed E-state index contributed by atoms with van der Waals surface area (Å²) in [6.45, 7) is 8.42. The van der Waals surface area contributed by atoms with Gasteiger partial charge in [-0.1, -0.05) is 114 Å². The Hall–Kier alpha value is -3.50. The number of benzene rings is 5. The molecule has 0 bridgehead atoms. The molecule has 0 radical (unpaired) electrons. The van der Waals surface area contributed by atoms with Gasteiger partial charge < -0.3 is 5.11 Å². The van der Waals surface area contributed by atoms with Gasteiger partial charge >= 0.3 is 12.4 Å². The third-order valence-electron chi connectivity index (χ3n) is 9.64. The summed E-state index contributed by atoms with van der Waals surface area (Å²) in [5.41, 5.74) is 3.93. The van der Waals surface area contributed by atoms with E-state index in [1.54, 1.807) is 0 Å². The largest absolute Gasteiger partial charge is 0.416 e. The molecule has 1 aliphatic rings. The van der Waals surface area contributed by atoms with Gasteiger partial charge in [0.05, 0.1) is 17.2 Å². The number of aliphatic hydroxyl groups excluding tert-OH is 1. The lowest BCUT2D eigenvalue weighted by Gasteiger charge is -2.35. The van der Waals surface area contributed by atoms with Crippen LogP contribution in [0.1, 0.15) is 64.3 Å². The third kappa shape index (κ3) is 8.27. The zero-order valence-corrected chi connectivity index (χ0v) is 30.6. The van der Waals surface area contributed by atoms with Crippen molar-refractivity contribution in [2.75, 3.05) is 0 Å². The van der Waals surface area contributed by atoms with Crippen LogP contribution in [0.3, 0.4) is 0 Å². The zero-order valence-electron chi connectivity index (χ0n) is 28.9. The fourth-order valence-corrected chi connectivity index (χ4v) is 13.6. The van der Waals surface area contributed by atoms with E-state index in [-0.39, 0.29) is 11.6 Å². The second-order valence-electron chi connectivity index (χ2n) is 13.7. The van der Waals surface area contributed by atoms with Crippen LogP contribution in [0.2, 0.25) is 0 Å². The molecule has 3 atom stereocenters. The minimum Gasteiger partial charge on any atom is -0.388 e. The second kappa shape index (κ2) is 14.9. The first kappa shape index (κ1) is 37.3. The van der Waals surface area contributed by atoms with Crippen LogP contribution in [0.5, 0.6) is 0 Å². The Morgan fingerprint density at radius 1 is 0.569 bits per heavy atom. The lowest BCUT2D eigenvalue weighted by Crippen LogP contribution is -2.31. The summed E-state index contributed by atoms with van der Waals surface area (Å²) in [5, 5.41) is 16.8. The van der Waals surface area contributed by atoms with Crippen LogP contribution >= 0.6 is 15.8 Å². The van der Waals surface area contributed by atoms with Crippen molar-refractivity contribution < 1.29 is 31.4 Å². The van der Waals surface area contributed by atoms with Crippen molar-refractivity contribution in [3.8, 4) is 0 Å². The molecule has 9 heteroatoms. The predicted octanol–water partition coefficient (Wildman–Crippen LogP) is 10.1. The van der Waals surface area contributed by atoms with Gasteiger partial charge in [-0.2, -0.15) is 26.3 Å². The van der Waals surface area contributed by atoms with Crippen molar-refractivity contribution in [1.82, 2.24) is 0 Å². The fourth-order valence-electron chi connectivity index (χ4n) is 7.57. The van der Waals surface area contributed by atoms with Crippen molar-refractivity contribution in [2.45, 2.75) is 71.1 Å². The van der Waals surface area contributed by atoms with Crippen molar-refractivity contribution in [1.29, 1.82) is 0 Å². The highest BCUT2D eigenvalue weighted by atomic mass is 31.1. The number of halogens is 6. The highest BCUT2D eigenvalue weighted by Crippen LogP contribution is 2.54. The number of aryl methyl sites for hydroxylation is 4. The maximum Gasteiger partial charge on any atom is 0.416 e. The summed E-state index contributed by atoms with van der Waals surface area (Å²) in [6, 6.07) is 30.5. The van der Waals surface area contributed by atoms with Gasteiger partial charge in [-0.3, -0.25) is 0 Å². The minimum absolute atomic E-state index is 0.115. The molecule has 0 saturated heterocycles. The topological polar surface area (TPSA) is 20.2 Å². The molecular weight excluding hydrogens is 696 g/mol. The highest BCUT2D eigenvalue weighted by molar-refractivity contribution is 7.80. The van der Waals surface area contributed by atoms with Crippen LogP contribution in [0.15, 0.2) is 109 Å². The smallest absolute Gasteiger partial charge is 0.388 e. The molecule has 0 spiro atoms. The van der Waals surface area contributed by atoms with E-state index in [1.807, 2.05) is 24.3 Å². The van der Waals surface area contributed by atoms with Crippen molar-refractivity contribution in [3.05, 3.63) is 148 Å². The summed E-state index contributed by atoms with van der Waals surface area (Å²) < 4.78 is 81.4. The van der Waals surface area contributed by atoms with Crippen molar-refractivity contribution in [3.63, 3.8) is 0 Å². The predicted molar refractivity (Wildman–Crippen MR) is 199 cm³/mol. The molecule has 266 valence electrons. The van der Waals surface area contributed by atoms with E-state index in [2.05, 4.69) is 64.1 Å². The van der Waals surface area contributed by atoms with Gasteiger partial charge in [0, 0.05) is 0 Å². The average molecular weight is 737 g/mol. The van der Waals surface area contributed by atoms with Crippen molar-refractivity contribution >= 4 is 42.4 Å². The highest BCUT2D eigenvalue weighted by Gasteiger charge is 2.41. The Morgan fingerprint density at radius 3 is 1.43 bits per heavy atom. The molecule has 1 N–H and O–H groups in total. The van der Waals surface area contributed by atoms with Crippen LogP contribution in [-0.2, 0) is 12.4 Å². The lowest BCUT2D eigenvalue weighted by molar-refractivity contribution is -0.138. The first-order valence-electron chi connectivity index (χ1n) is 17.0. The van der Waals surface area contributed by atoms with Gasteiger partial charge in [-0.05, 0) is 124 Å². The third-order valence-corrected chi connectivity index (χ3v) is 15.1. The summed E-state index contributed by atoms with van der Waals surface area (Å²) >= 11 is 0. The van der Waals surface area contributed by atoms with Gasteiger partial charge in [0.2, 0.25) is 0 Å². The molecule has 51 heavy (non-hydrogen) atoms. The van der Waals surface area contributed by atoms with E-state index in [9.17, 15) is 31.4 Å². The maximum absolute atomic E-state index is 13.6. The molecule has 6 rings (SSSR count). The van der Waals surface area contributed by atoms with Crippen molar-refractivity contribution in [2.24, 2.45) is 5.92 Å². The van der Waals surface area contributed by atoms with Gasteiger partial charge in [0.15, 0.2) is 0 Å². The fraction of sp³-hybridized carbons (Fsp3) is 0.286. The Labute approximate surface area is 298 Å². The molecule has 1 aliphatic carbocycles. The van der Waals surface area contributed by atoms with Crippen LogP contribution in [-0.4, -0.2) is 10.8 Å². The van der Waals surface area contributed by atoms with Gasteiger partial charge in [0.1, 0.15) is 0 Å². The van der Waals surface area contributed by atoms with E-state index < -0.39 is 45.4 Å². The Morgan fingerprint density at radius 2 is 1.00 bits per heavy atom. The number of aliphatic hydroxyl groups is 1. The second-order valence-corrected chi connectivity index (χ2v) is 18.3. The summed E-state index contributed by atoms with van der Waals surface area (Å²) in [4.78, 5) is 0. The molecule has 1 fully saturated rings. The Bertz CT molecular complexity index is 1840. The van der Waals surface area contributed by atoms with Crippen LogP contribution in [0, 0.1) is 33.6 Å². The number of hydrogen-bond acceptors (Lipinski definition) is 1. The molecule has 1 nitrogen and oxygen atoms in total. The molecule has 0 heterocycles. The standard InChI is InChI=1S/C42H40F6OP2/c1-26-20-27(2)23-34(22-26)51(35-24-28(3)21-29(4)25-35)39-11-7-9-37(39)40(49)36-8-5-6-10-38(36)50(32-16-12-30(13-17-32)41(43,44)45)33-18-14-31(15-19-33)42(46,47)48/h5-6,8,10,12-25,37,39-40,49H,7,9,11H2,1-4H3. The van der Waals surface area contributed by atoms with Gasteiger partial charge in [-0.15, -0.1) is 0 Å². The summed E-state index contributed by atoms with van der Waals surface area (Å²) in [5.74, 6) is -0.115. The lowest BCUT2D eigenvalue weighted by atomic mass is 9.94. The molecule has 5 aromatic carbocycles. The van der Waals surface area contributed by atoms with Crippen LogP contribution in [0.4, 0.5) is 26.3 Å². The quantitative estimate of drug-likeness (QED) is 0.124. The SMILES string of the molecule is Cc1cc(C)cc(P(c2cc(C)cc(C)c2)C2CCCC2C(O)c2ccccc2P(c2ccc(C(F)(F)F)cc2)c2ccc(C(F)(F)F)cc2)c1. The monoisotopic (exact) mass is 736 g/mol. The van der Waals surface area contributed by atoms with E-state index in [0.29, 0.717) is 21.5 Å². The zero-order chi connectivity index (χ0) is 36.7.